The fourth-order valence-corrected chi connectivity index (χ4v) is 1.53. The molecule has 2 heteroatoms. The van der Waals surface area contributed by atoms with Crippen LogP contribution in [0.2, 0.25) is 0 Å². The summed E-state index contributed by atoms with van der Waals surface area (Å²) in [7, 11) is 2.09. The van der Waals surface area contributed by atoms with Crippen LogP contribution < -0.4 is 0 Å². The van der Waals surface area contributed by atoms with E-state index in [0.29, 0.717) is 0 Å². The van der Waals surface area contributed by atoms with Gasteiger partial charge in [-0.2, -0.15) is 0 Å². The monoisotopic (exact) mass is 201 g/mol. The van der Waals surface area contributed by atoms with E-state index >= 15 is 0 Å². The Morgan fingerprint density at radius 3 is 2.87 bits per heavy atom. The first-order valence-corrected chi connectivity index (χ1v) is 5.21. The van der Waals surface area contributed by atoms with Gasteiger partial charge in [-0.1, -0.05) is 30.0 Å². The lowest BCUT2D eigenvalue weighted by atomic mass is 10.2. The van der Waals surface area contributed by atoms with Crippen LogP contribution in [0.15, 0.2) is 30.3 Å². The maximum absolute atomic E-state index is 5.40. The highest BCUT2D eigenvalue weighted by molar-refractivity contribution is 5.34. The van der Waals surface area contributed by atoms with Gasteiger partial charge in [0.15, 0.2) is 0 Å². The van der Waals surface area contributed by atoms with Gasteiger partial charge in [-0.3, -0.25) is 4.90 Å². The smallest absolute Gasteiger partial charge is 0.0953 e. The molecule has 0 spiro atoms. The predicted octanol–water partition coefficient (Wildman–Crippen LogP) is 1.37. The van der Waals surface area contributed by atoms with Gasteiger partial charge in [0.1, 0.15) is 0 Å². The summed E-state index contributed by atoms with van der Waals surface area (Å²) in [4.78, 5) is 2.24. The zero-order valence-corrected chi connectivity index (χ0v) is 8.94. The normalized spacial score (nSPS) is 21.8. The Morgan fingerprint density at radius 2 is 2.13 bits per heavy atom. The first-order chi connectivity index (χ1) is 7.36. The van der Waals surface area contributed by atoms with Crippen LogP contribution in [0.5, 0.6) is 0 Å². The van der Waals surface area contributed by atoms with Crippen LogP contribution in [0.1, 0.15) is 5.56 Å². The molecule has 0 aliphatic carbocycles. The molecular formula is C13H15NO. The highest BCUT2D eigenvalue weighted by Crippen LogP contribution is 2.03. The van der Waals surface area contributed by atoms with Crippen molar-refractivity contribution in [3.63, 3.8) is 0 Å². The number of hydrogen-bond donors (Lipinski definition) is 0. The molecule has 2 rings (SSSR count). The topological polar surface area (TPSA) is 12.5 Å². The number of likely N-dealkylation sites (N-methyl/N-ethyl adjacent to an activating group) is 1. The molecule has 0 bridgehead atoms. The van der Waals surface area contributed by atoms with Crippen LogP contribution in [0.4, 0.5) is 0 Å². The summed E-state index contributed by atoms with van der Waals surface area (Å²) in [5, 5.41) is 0. The summed E-state index contributed by atoms with van der Waals surface area (Å²) in [6.45, 7) is 2.50. The molecule has 1 aliphatic heterocycles. The Morgan fingerprint density at radius 1 is 1.33 bits per heavy atom. The Bertz CT molecular complexity index is 363. The van der Waals surface area contributed by atoms with Gasteiger partial charge < -0.3 is 4.74 Å². The van der Waals surface area contributed by atoms with Crippen LogP contribution in [0, 0.1) is 11.8 Å². The molecule has 1 fully saturated rings. The summed E-state index contributed by atoms with van der Waals surface area (Å²) < 4.78 is 5.40. The van der Waals surface area contributed by atoms with Gasteiger partial charge in [-0.25, -0.2) is 0 Å². The van der Waals surface area contributed by atoms with E-state index in [2.05, 4.69) is 23.8 Å². The van der Waals surface area contributed by atoms with Gasteiger partial charge in [0.2, 0.25) is 0 Å². The summed E-state index contributed by atoms with van der Waals surface area (Å²) in [6, 6.07) is 10.3. The molecular weight excluding hydrogens is 186 g/mol. The highest BCUT2D eigenvalue weighted by Gasteiger charge is 2.16. The molecule has 0 aromatic heterocycles. The summed E-state index contributed by atoms with van der Waals surface area (Å²) in [5.41, 5.74) is 1.07. The van der Waals surface area contributed by atoms with Crippen LogP contribution in [-0.4, -0.2) is 37.7 Å². The molecule has 15 heavy (non-hydrogen) atoms. The van der Waals surface area contributed by atoms with E-state index in [1.54, 1.807) is 0 Å². The lowest BCUT2D eigenvalue weighted by Crippen LogP contribution is -2.41. The van der Waals surface area contributed by atoms with Gasteiger partial charge in [-0.05, 0) is 19.2 Å². The Hall–Kier alpha value is -1.30. The van der Waals surface area contributed by atoms with Gasteiger partial charge in [-0.15, -0.1) is 0 Å². The molecule has 0 saturated carbocycles. The van der Waals surface area contributed by atoms with Gasteiger partial charge in [0, 0.05) is 12.1 Å². The Balaban J connectivity index is 2.04. The first kappa shape index (κ1) is 10.2. The molecule has 0 N–H and O–H groups in total. The van der Waals surface area contributed by atoms with Crippen molar-refractivity contribution in [2.24, 2.45) is 0 Å². The minimum atomic E-state index is 0.235. The van der Waals surface area contributed by atoms with Crippen LogP contribution >= 0.6 is 0 Å². The fourth-order valence-electron chi connectivity index (χ4n) is 1.53. The minimum absolute atomic E-state index is 0.235. The second kappa shape index (κ2) is 4.97. The molecule has 1 aliphatic rings. The number of nitrogens with zero attached hydrogens (tertiary/aromatic N) is 1. The lowest BCUT2D eigenvalue weighted by molar-refractivity contribution is 0.0267. The highest BCUT2D eigenvalue weighted by atomic mass is 16.5. The third kappa shape index (κ3) is 2.82. The third-order valence-electron chi connectivity index (χ3n) is 2.55. The van der Waals surface area contributed by atoms with Crippen LogP contribution in [-0.2, 0) is 4.74 Å². The van der Waals surface area contributed by atoms with E-state index in [4.69, 9.17) is 4.74 Å². The van der Waals surface area contributed by atoms with Gasteiger partial charge in [0.05, 0.1) is 19.3 Å². The molecule has 1 aromatic rings. The zero-order chi connectivity index (χ0) is 10.5. The van der Waals surface area contributed by atoms with Crippen molar-refractivity contribution in [2.75, 3.05) is 26.8 Å². The molecule has 2 nitrogen and oxygen atoms in total. The van der Waals surface area contributed by atoms with Gasteiger partial charge >= 0.3 is 0 Å². The molecule has 78 valence electrons. The molecule has 0 amide bonds. The maximum Gasteiger partial charge on any atom is 0.0953 e. The van der Waals surface area contributed by atoms with Crippen LogP contribution in [0.3, 0.4) is 0 Å². The van der Waals surface area contributed by atoms with Crippen LogP contribution in [0.25, 0.3) is 0 Å². The molecule has 1 aromatic carbocycles. The number of rotatable bonds is 0. The predicted molar refractivity (Wildman–Crippen MR) is 60.6 cm³/mol. The fraction of sp³-hybridized carbons (Fsp3) is 0.385. The molecule has 0 unspecified atom stereocenters. The summed E-state index contributed by atoms with van der Waals surface area (Å²) in [6.07, 6.45) is 0. The SMILES string of the molecule is CN1CCOC[C@@H]1C#Cc1ccccc1. The zero-order valence-electron chi connectivity index (χ0n) is 8.94. The minimum Gasteiger partial charge on any atom is -0.377 e. The Labute approximate surface area is 90.9 Å². The van der Waals surface area contributed by atoms with Crippen molar-refractivity contribution in [1.29, 1.82) is 0 Å². The third-order valence-corrected chi connectivity index (χ3v) is 2.55. The van der Waals surface area contributed by atoms with Crippen molar-refractivity contribution in [1.82, 2.24) is 4.90 Å². The number of morpholine rings is 1. The van der Waals surface area contributed by atoms with E-state index < -0.39 is 0 Å². The molecule has 0 radical (unpaired) electrons. The van der Waals surface area contributed by atoms with E-state index in [-0.39, 0.29) is 6.04 Å². The quantitative estimate of drug-likeness (QED) is 0.588. The Kier molecular flexibility index (Phi) is 3.39. The van der Waals surface area contributed by atoms with Gasteiger partial charge in [0.25, 0.3) is 0 Å². The standard InChI is InChI=1S/C13H15NO/c1-14-9-10-15-11-13(14)8-7-12-5-3-2-4-6-12/h2-6,13H,9-11H2,1H3/t13-/m0/s1. The average molecular weight is 201 g/mol. The molecule has 1 atom stereocenters. The van der Waals surface area contributed by atoms with E-state index in [0.717, 1.165) is 25.3 Å². The van der Waals surface area contributed by atoms with Crippen molar-refractivity contribution in [3.05, 3.63) is 35.9 Å². The summed E-state index contributed by atoms with van der Waals surface area (Å²) in [5.74, 6) is 6.41. The largest absolute Gasteiger partial charge is 0.377 e. The first-order valence-electron chi connectivity index (χ1n) is 5.21. The van der Waals surface area contributed by atoms with E-state index in [1.165, 1.54) is 0 Å². The van der Waals surface area contributed by atoms with E-state index in [1.807, 2.05) is 30.3 Å². The molecule has 1 heterocycles. The number of hydrogen-bond acceptors (Lipinski definition) is 2. The summed E-state index contributed by atoms with van der Waals surface area (Å²) >= 11 is 0. The van der Waals surface area contributed by atoms with Crippen molar-refractivity contribution >= 4 is 0 Å². The molecule has 1 saturated heterocycles. The van der Waals surface area contributed by atoms with E-state index in [9.17, 15) is 0 Å². The van der Waals surface area contributed by atoms with Crippen molar-refractivity contribution in [3.8, 4) is 11.8 Å². The lowest BCUT2D eigenvalue weighted by Gasteiger charge is -2.28. The average Bonchev–Trinajstić information content (AvgIpc) is 2.29. The number of ether oxygens (including phenoxy) is 1. The van der Waals surface area contributed by atoms with Crippen molar-refractivity contribution in [2.45, 2.75) is 6.04 Å². The number of benzene rings is 1. The second-order valence-corrected chi connectivity index (χ2v) is 3.71. The van der Waals surface area contributed by atoms with Crippen molar-refractivity contribution < 1.29 is 4.74 Å². The second-order valence-electron chi connectivity index (χ2n) is 3.71. The maximum atomic E-state index is 5.40.